The Labute approximate surface area is 174 Å². The number of carbonyl (C=O) groups is 1. The van der Waals surface area contributed by atoms with Gasteiger partial charge < -0.3 is 14.8 Å². The van der Waals surface area contributed by atoms with E-state index in [1.165, 1.54) is 17.8 Å². The molecule has 0 fully saturated rings. The number of amides is 1. The van der Waals surface area contributed by atoms with E-state index in [1.807, 2.05) is 32.3 Å². The van der Waals surface area contributed by atoms with E-state index in [0.29, 0.717) is 23.1 Å². The Morgan fingerprint density at radius 3 is 2.52 bits per heavy atom. The van der Waals surface area contributed by atoms with Crippen LogP contribution in [0.4, 0.5) is 4.39 Å². The summed E-state index contributed by atoms with van der Waals surface area (Å²) in [6.07, 6.45) is 0. The molecule has 0 bridgehead atoms. The van der Waals surface area contributed by atoms with Crippen molar-refractivity contribution in [2.45, 2.75) is 11.2 Å². The lowest BCUT2D eigenvalue weighted by molar-refractivity contribution is -0.118. The highest BCUT2D eigenvalue weighted by Crippen LogP contribution is 2.24. The standard InChI is InChI=1S/C21H24FN5OS/c1-26(2)18(15-9-5-4-6-10-15)13-23-19(28)14-29-21-25-24-20(27(21)3)16-11-7-8-12-17(16)22/h4-12,18H,13-14H2,1-3H3,(H,23,28)/t18-/m1/s1. The maximum absolute atomic E-state index is 14.0. The number of carbonyl (C=O) groups excluding carboxylic acids is 1. The first-order valence-electron chi connectivity index (χ1n) is 9.22. The number of rotatable bonds is 8. The van der Waals surface area contributed by atoms with Gasteiger partial charge in [0.25, 0.3) is 0 Å². The summed E-state index contributed by atoms with van der Waals surface area (Å²) in [6, 6.07) is 16.6. The van der Waals surface area contributed by atoms with Crippen molar-refractivity contribution in [3.63, 3.8) is 0 Å². The van der Waals surface area contributed by atoms with Crippen molar-refractivity contribution in [1.29, 1.82) is 0 Å². The number of nitrogens with one attached hydrogen (secondary N) is 1. The highest BCUT2D eigenvalue weighted by molar-refractivity contribution is 7.99. The van der Waals surface area contributed by atoms with Crippen LogP contribution in [0.3, 0.4) is 0 Å². The van der Waals surface area contributed by atoms with Gasteiger partial charge in [0.1, 0.15) is 5.82 Å². The topological polar surface area (TPSA) is 63.1 Å². The van der Waals surface area contributed by atoms with Gasteiger partial charge in [0.05, 0.1) is 17.4 Å². The Bertz CT molecular complexity index is 961. The lowest BCUT2D eigenvalue weighted by Crippen LogP contribution is -2.35. The number of hydrogen-bond donors (Lipinski definition) is 1. The third kappa shape index (κ3) is 5.21. The number of aromatic nitrogens is 3. The average molecular weight is 414 g/mol. The first kappa shape index (κ1) is 21.0. The van der Waals surface area contributed by atoms with Crippen LogP contribution in [-0.4, -0.2) is 52.0 Å². The van der Waals surface area contributed by atoms with E-state index >= 15 is 0 Å². The summed E-state index contributed by atoms with van der Waals surface area (Å²) in [6.45, 7) is 0.510. The molecule has 0 saturated carbocycles. The second kappa shape index (κ2) is 9.67. The minimum Gasteiger partial charge on any atom is -0.353 e. The molecule has 0 aliphatic heterocycles. The van der Waals surface area contributed by atoms with Crippen LogP contribution in [-0.2, 0) is 11.8 Å². The van der Waals surface area contributed by atoms with Crippen LogP contribution in [0.2, 0.25) is 0 Å². The molecule has 0 aliphatic rings. The summed E-state index contributed by atoms with van der Waals surface area (Å²) in [4.78, 5) is 14.4. The molecule has 29 heavy (non-hydrogen) atoms. The van der Waals surface area contributed by atoms with Crippen molar-refractivity contribution in [2.24, 2.45) is 7.05 Å². The lowest BCUT2D eigenvalue weighted by Gasteiger charge is -2.25. The van der Waals surface area contributed by atoms with E-state index in [-0.39, 0.29) is 23.5 Å². The maximum atomic E-state index is 14.0. The van der Waals surface area contributed by atoms with Gasteiger partial charge in [0, 0.05) is 13.6 Å². The van der Waals surface area contributed by atoms with Gasteiger partial charge in [-0.15, -0.1) is 10.2 Å². The van der Waals surface area contributed by atoms with Gasteiger partial charge in [-0.05, 0) is 31.8 Å². The van der Waals surface area contributed by atoms with E-state index in [0.717, 1.165) is 5.56 Å². The quantitative estimate of drug-likeness (QED) is 0.575. The van der Waals surface area contributed by atoms with Gasteiger partial charge in [-0.1, -0.05) is 54.2 Å². The first-order chi connectivity index (χ1) is 14.0. The normalized spacial score (nSPS) is 12.2. The smallest absolute Gasteiger partial charge is 0.230 e. The molecule has 0 spiro atoms. The van der Waals surface area contributed by atoms with Crippen molar-refractivity contribution < 1.29 is 9.18 Å². The van der Waals surface area contributed by atoms with Crippen molar-refractivity contribution in [3.05, 3.63) is 66.0 Å². The monoisotopic (exact) mass is 413 g/mol. The van der Waals surface area contributed by atoms with E-state index < -0.39 is 0 Å². The average Bonchev–Trinajstić information content (AvgIpc) is 3.08. The van der Waals surface area contributed by atoms with E-state index in [1.54, 1.807) is 29.8 Å². The Balaban J connectivity index is 1.58. The lowest BCUT2D eigenvalue weighted by atomic mass is 10.1. The molecular formula is C21H24FN5OS. The molecule has 0 saturated heterocycles. The summed E-state index contributed by atoms with van der Waals surface area (Å²) in [7, 11) is 5.74. The Morgan fingerprint density at radius 2 is 1.83 bits per heavy atom. The fourth-order valence-electron chi connectivity index (χ4n) is 2.98. The molecule has 3 rings (SSSR count). The molecule has 1 heterocycles. The summed E-state index contributed by atoms with van der Waals surface area (Å²) >= 11 is 1.27. The molecule has 152 valence electrons. The highest BCUT2D eigenvalue weighted by Gasteiger charge is 2.17. The van der Waals surface area contributed by atoms with Gasteiger partial charge in [-0.2, -0.15) is 0 Å². The fraction of sp³-hybridized carbons (Fsp3) is 0.286. The molecule has 8 heteroatoms. The second-order valence-electron chi connectivity index (χ2n) is 6.83. The molecule has 1 amide bonds. The van der Waals surface area contributed by atoms with Crippen molar-refractivity contribution in [3.8, 4) is 11.4 Å². The molecule has 2 aromatic carbocycles. The summed E-state index contributed by atoms with van der Waals surface area (Å²) in [5, 5.41) is 11.7. The SMILES string of the molecule is CN(C)[C@H](CNC(=O)CSc1nnc(-c2ccccc2F)n1C)c1ccccc1. The fourth-order valence-corrected chi connectivity index (χ4v) is 3.72. The summed E-state index contributed by atoms with van der Waals surface area (Å²) in [5.74, 6) is 0.196. The zero-order chi connectivity index (χ0) is 20.8. The minimum atomic E-state index is -0.354. The number of nitrogens with zero attached hydrogens (tertiary/aromatic N) is 4. The van der Waals surface area contributed by atoms with Crippen LogP contribution in [0, 0.1) is 5.82 Å². The Morgan fingerprint density at radius 1 is 1.14 bits per heavy atom. The molecule has 1 atom stereocenters. The van der Waals surface area contributed by atoms with Crippen LogP contribution < -0.4 is 5.32 Å². The van der Waals surface area contributed by atoms with Crippen molar-refractivity contribution in [2.75, 3.05) is 26.4 Å². The zero-order valence-corrected chi connectivity index (χ0v) is 17.5. The molecule has 0 radical (unpaired) electrons. The zero-order valence-electron chi connectivity index (χ0n) is 16.7. The van der Waals surface area contributed by atoms with E-state index in [4.69, 9.17) is 0 Å². The number of halogens is 1. The molecular weight excluding hydrogens is 389 g/mol. The van der Waals surface area contributed by atoms with E-state index in [9.17, 15) is 9.18 Å². The second-order valence-corrected chi connectivity index (χ2v) is 7.77. The predicted octanol–water partition coefficient (Wildman–Crippen LogP) is 3.13. The number of hydrogen-bond acceptors (Lipinski definition) is 5. The molecule has 1 N–H and O–H groups in total. The molecule has 0 aliphatic carbocycles. The van der Waals surface area contributed by atoms with E-state index in [2.05, 4.69) is 32.5 Å². The van der Waals surface area contributed by atoms with Crippen LogP contribution >= 0.6 is 11.8 Å². The summed E-state index contributed by atoms with van der Waals surface area (Å²) in [5.41, 5.74) is 1.53. The maximum Gasteiger partial charge on any atom is 0.230 e. The van der Waals surface area contributed by atoms with Gasteiger partial charge in [0.15, 0.2) is 11.0 Å². The number of likely N-dealkylation sites (N-methyl/N-ethyl adjacent to an activating group) is 1. The molecule has 1 aromatic heterocycles. The largest absolute Gasteiger partial charge is 0.353 e. The minimum absolute atomic E-state index is 0.0896. The Kier molecular flexibility index (Phi) is 7.00. The van der Waals surface area contributed by atoms with Crippen LogP contribution in [0.25, 0.3) is 11.4 Å². The molecule has 6 nitrogen and oxygen atoms in total. The highest BCUT2D eigenvalue weighted by atomic mass is 32.2. The van der Waals surface area contributed by atoms with Crippen LogP contribution in [0.15, 0.2) is 59.8 Å². The van der Waals surface area contributed by atoms with Crippen LogP contribution in [0.1, 0.15) is 11.6 Å². The predicted molar refractivity (Wildman–Crippen MR) is 113 cm³/mol. The first-order valence-corrected chi connectivity index (χ1v) is 10.2. The Hall–Kier alpha value is -2.71. The third-order valence-electron chi connectivity index (χ3n) is 4.58. The van der Waals surface area contributed by atoms with Crippen LogP contribution in [0.5, 0.6) is 0 Å². The van der Waals surface area contributed by atoms with Gasteiger partial charge in [-0.25, -0.2) is 4.39 Å². The van der Waals surface area contributed by atoms with Gasteiger partial charge >= 0.3 is 0 Å². The van der Waals surface area contributed by atoms with Gasteiger partial charge in [-0.3, -0.25) is 4.79 Å². The number of thioether (sulfide) groups is 1. The van der Waals surface area contributed by atoms with Crippen molar-refractivity contribution >= 4 is 17.7 Å². The van der Waals surface area contributed by atoms with Crippen molar-refractivity contribution in [1.82, 2.24) is 25.0 Å². The molecule has 3 aromatic rings. The third-order valence-corrected chi connectivity index (χ3v) is 5.60. The van der Waals surface area contributed by atoms with Gasteiger partial charge in [0.2, 0.25) is 5.91 Å². The summed E-state index contributed by atoms with van der Waals surface area (Å²) < 4.78 is 15.7. The molecule has 0 unspecified atom stereocenters. The number of benzene rings is 2.